The molecule has 0 unspecified atom stereocenters. The summed E-state index contributed by atoms with van der Waals surface area (Å²) in [5.74, 6) is 0.668. The number of hydrogen-bond acceptors (Lipinski definition) is 4. The normalized spacial score (nSPS) is 11.0. The topological polar surface area (TPSA) is 73.3 Å². The Hall–Kier alpha value is -2.99. The predicted molar refractivity (Wildman–Crippen MR) is 103 cm³/mol. The van der Waals surface area contributed by atoms with Crippen molar-refractivity contribution in [3.63, 3.8) is 0 Å². The summed E-state index contributed by atoms with van der Waals surface area (Å²) in [4.78, 5) is 22.9. The van der Waals surface area contributed by atoms with Crippen LogP contribution in [-0.2, 0) is 0 Å². The molecule has 0 amide bonds. The SMILES string of the molecule is Cc1ccc(C(=O)/C=C/c2ccc(-c3ccc(Br)cc3[N+](=O)[O-])o2)cc1. The number of aryl methyl sites for hydroxylation is 1. The first kappa shape index (κ1) is 17.8. The molecule has 1 aromatic heterocycles. The van der Waals surface area contributed by atoms with E-state index in [1.54, 1.807) is 42.5 Å². The fourth-order valence-electron chi connectivity index (χ4n) is 2.42. The van der Waals surface area contributed by atoms with Crippen molar-refractivity contribution in [2.24, 2.45) is 0 Å². The monoisotopic (exact) mass is 411 g/mol. The molecule has 2 aromatic carbocycles. The first-order valence-electron chi connectivity index (χ1n) is 7.77. The Labute approximate surface area is 158 Å². The molecule has 0 N–H and O–H groups in total. The van der Waals surface area contributed by atoms with Crippen molar-refractivity contribution in [3.8, 4) is 11.3 Å². The molecule has 0 bridgehead atoms. The van der Waals surface area contributed by atoms with Gasteiger partial charge in [-0.05, 0) is 43.3 Å². The number of rotatable bonds is 5. The number of hydrogen-bond donors (Lipinski definition) is 0. The van der Waals surface area contributed by atoms with E-state index >= 15 is 0 Å². The third kappa shape index (κ3) is 3.97. The highest BCUT2D eigenvalue weighted by atomic mass is 79.9. The van der Waals surface area contributed by atoms with Gasteiger partial charge in [-0.25, -0.2) is 0 Å². The van der Waals surface area contributed by atoms with Crippen molar-refractivity contribution in [2.75, 3.05) is 0 Å². The van der Waals surface area contributed by atoms with Gasteiger partial charge in [-0.15, -0.1) is 0 Å². The second-order valence-electron chi connectivity index (χ2n) is 5.68. The lowest BCUT2D eigenvalue weighted by atomic mass is 10.1. The summed E-state index contributed by atoms with van der Waals surface area (Å²) in [6, 6.07) is 15.3. The second kappa shape index (κ2) is 7.49. The molecule has 130 valence electrons. The van der Waals surface area contributed by atoms with Gasteiger partial charge in [0.15, 0.2) is 5.78 Å². The second-order valence-corrected chi connectivity index (χ2v) is 6.60. The Morgan fingerprint density at radius 1 is 1.12 bits per heavy atom. The smallest absolute Gasteiger partial charge is 0.281 e. The lowest BCUT2D eigenvalue weighted by Gasteiger charge is -2.00. The van der Waals surface area contributed by atoms with Crippen molar-refractivity contribution in [2.45, 2.75) is 6.92 Å². The Balaban J connectivity index is 1.83. The van der Waals surface area contributed by atoms with Crippen LogP contribution >= 0.6 is 15.9 Å². The van der Waals surface area contributed by atoms with Crippen molar-refractivity contribution < 1.29 is 14.1 Å². The molecule has 1 heterocycles. The highest BCUT2D eigenvalue weighted by Gasteiger charge is 2.18. The number of furan rings is 1. The summed E-state index contributed by atoms with van der Waals surface area (Å²) in [7, 11) is 0. The summed E-state index contributed by atoms with van der Waals surface area (Å²) in [6.45, 7) is 1.95. The lowest BCUT2D eigenvalue weighted by Crippen LogP contribution is -1.93. The zero-order valence-electron chi connectivity index (χ0n) is 13.8. The first-order valence-corrected chi connectivity index (χ1v) is 8.56. The Bertz CT molecular complexity index is 1000. The standard InChI is InChI=1S/C20H14BrNO4/c1-13-2-4-14(5-3-13)19(23)10-7-16-8-11-20(26-16)17-9-6-15(21)12-18(17)22(24)25/h2-12H,1H3/b10-7+. The molecule has 26 heavy (non-hydrogen) atoms. The number of carbonyl (C=O) groups excluding carboxylic acids is 1. The van der Waals surface area contributed by atoms with E-state index in [9.17, 15) is 14.9 Å². The zero-order valence-corrected chi connectivity index (χ0v) is 15.4. The van der Waals surface area contributed by atoms with Crippen LogP contribution in [0, 0.1) is 17.0 Å². The number of nitro benzene ring substituents is 1. The molecule has 0 radical (unpaired) electrons. The third-order valence-electron chi connectivity index (χ3n) is 3.78. The maximum Gasteiger partial charge on any atom is 0.281 e. The van der Waals surface area contributed by atoms with E-state index < -0.39 is 4.92 Å². The number of nitro groups is 1. The number of carbonyl (C=O) groups is 1. The van der Waals surface area contributed by atoms with Crippen LogP contribution in [0.4, 0.5) is 5.69 Å². The first-order chi connectivity index (χ1) is 12.4. The van der Waals surface area contributed by atoms with Crippen LogP contribution in [0.15, 0.2) is 69.6 Å². The van der Waals surface area contributed by atoms with Crippen LogP contribution in [0.25, 0.3) is 17.4 Å². The predicted octanol–water partition coefficient (Wildman–Crippen LogP) is 5.82. The van der Waals surface area contributed by atoms with E-state index in [1.165, 1.54) is 12.1 Å². The van der Waals surface area contributed by atoms with Crippen LogP contribution in [0.2, 0.25) is 0 Å². The van der Waals surface area contributed by atoms with Gasteiger partial charge < -0.3 is 4.42 Å². The molecule has 3 rings (SSSR count). The Morgan fingerprint density at radius 2 is 1.85 bits per heavy atom. The molecule has 0 aliphatic carbocycles. The highest BCUT2D eigenvalue weighted by molar-refractivity contribution is 9.10. The average molecular weight is 412 g/mol. The number of allylic oxidation sites excluding steroid dienone is 1. The van der Waals surface area contributed by atoms with E-state index in [4.69, 9.17) is 4.42 Å². The van der Waals surface area contributed by atoms with Crippen molar-refractivity contribution in [1.29, 1.82) is 0 Å². The molecule has 3 aromatic rings. The van der Waals surface area contributed by atoms with E-state index in [0.29, 0.717) is 27.1 Å². The molecule has 0 aliphatic heterocycles. The number of halogens is 1. The fourth-order valence-corrected chi connectivity index (χ4v) is 2.77. The van der Waals surface area contributed by atoms with E-state index in [2.05, 4.69) is 15.9 Å². The van der Waals surface area contributed by atoms with Crippen LogP contribution in [-0.4, -0.2) is 10.7 Å². The number of nitrogens with zero attached hydrogens (tertiary/aromatic N) is 1. The third-order valence-corrected chi connectivity index (χ3v) is 4.28. The summed E-state index contributed by atoms with van der Waals surface area (Å²) in [6.07, 6.45) is 2.97. The largest absolute Gasteiger partial charge is 0.456 e. The van der Waals surface area contributed by atoms with Gasteiger partial charge in [0.2, 0.25) is 0 Å². The van der Waals surface area contributed by atoms with Gasteiger partial charge in [0.25, 0.3) is 5.69 Å². The summed E-state index contributed by atoms with van der Waals surface area (Å²) >= 11 is 3.23. The maximum atomic E-state index is 12.2. The van der Waals surface area contributed by atoms with Gasteiger partial charge in [-0.1, -0.05) is 45.8 Å². The molecule has 0 fully saturated rings. The molecular formula is C20H14BrNO4. The Morgan fingerprint density at radius 3 is 2.54 bits per heavy atom. The van der Waals surface area contributed by atoms with Gasteiger partial charge in [0, 0.05) is 16.1 Å². The minimum absolute atomic E-state index is 0.0556. The Kier molecular flexibility index (Phi) is 5.14. The molecule has 0 saturated carbocycles. The average Bonchev–Trinajstić information content (AvgIpc) is 3.09. The summed E-state index contributed by atoms with van der Waals surface area (Å²) < 4.78 is 6.26. The van der Waals surface area contributed by atoms with Crippen LogP contribution in [0.3, 0.4) is 0 Å². The van der Waals surface area contributed by atoms with E-state index in [0.717, 1.165) is 5.56 Å². The minimum Gasteiger partial charge on any atom is -0.456 e. The van der Waals surface area contributed by atoms with E-state index in [-0.39, 0.29) is 11.5 Å². The number of benzene rings is 2. The maximum absolute atomic E-state index is 12.2. The quantitative estimate of drug-likeness (QED) is 0.229. The van der Waals surface area contributed by atoms with Gasteiger partial charge in [-0.2, -0.15) is 0 Å². The van der Waals surface area contributed by atoms with E-state index in [1.807, 2.05) is 19.1 Å². The molecule has 0 atom stereocenters. The van der Waals surface area contributed by atoms with Gasteiger partial charge in [0.1, 0.15) is 11.5 Å². The summed E-state index contributed by atoms with van der Waals surface area (Å²) in [5, 5.41) is 11.2. The van der Waals surface area contributed by atoms with Crippen molar-refractivity contribution in [3.05, 3.63) is 92.1 Å². The molecule has 0 spiro atoms. The van der Waals surface area contributed by atoms with Crippen LogP contribution in [0.5, 0.6) is 0 Å². The molecule has 0 aliphatic rings. The van der Waals surface area contributed by atoms with Crippen LogP contribution < -0.4 is 0 Å². The minimum atomic E-state index is -0.459. The molecule has 0 saturated heterocycles. The highest BCUT2D eigenvalue weighted by Crippen LogP contribution is 2.33. The zero-order chi connectivity index (χ0) is 18.7. The van der Waals surface area contributed by atoms with Crippen molar-refractivity contribution in [1.82, 2.24) is 0 Å². The van der Waals surface area contributed by atoms with Gasteiger partial charge in [0.05, 0.1) is 10.5 Å². The van der Waals surface area contributed by atoms with Gasteiger partial charge in [-0.3, -0.25) is 14.9 Å². The van der Waals surface area contributed by atoms with Crippen molar-refractivity contribution >= 4 is 33.5 Å². The fraction of sp³-hybridized carbons (Fsp3) is 0.0500. The molecule has 5 nitrogen and oxygen atoms in total. The lowest BCUT2D eigenvalue weighted by molar-refractivity contribution is -0.384. The van der Waals surface area contributed by atoms with Crippen LogP contribution in [0.1, 0.15) is 21.7 Å². The molecule has 6 heteroatoms. The number of ketones is 1. The summed E-state index contributed by atoms with van der Waals surface area (Å²) in [5.41, 5.74) is 1.99. The van der Waals surface area contributed by atoms with Gasteiger partial charge >= 0.3 is 0 Å². The molecular weight excluding hydrogens is 398 g/mol.